The molecule has 0 atom stereocenters. The first-order valence-electron chi connectivity index (χ1n) is 10.7. The van der Waals surface area contributed by atoms with Crippen molar-refractivity contribution in [3.8, 4) is 16.9 Å². The number of ether oxygens (including phenoxy) is 3. The normalized spacial score (nSPS) is 10.7. The third-order valence-corrected chi connectivity index (χ3v) is 6.02. The van der Waals surface area contributed by atoms with Crippen LogP contribution in [0.5, 0.6) is 5.75 Å². The molecule has 178 valence electrons. The molecule has 0 spiro atoms. The van der Waals surface area contributed by atoms with Gasteiger partial charge in [-0.25, -0.2) is 9.59 Å². The van der Waals surface area contributed by atoms with E-state index in [0.29, 0.717) is 22.1 Å². The van der Waals surface area contributed by atoms with Crippen LogP contribution in [0.4, 0.5) is 0 Å². The number of benzene rings is 3. The summed E-state index contributed by atoms with van der Waals surface area (Å²) in [4.78, 5) is 38.0. The van der Waals surface area contributed by atoms with E-state index in [1.807, 2.05) is 36.4 Å². The Morgan fingerprint density at radius 3 is 2.26 bits per heavy atom. The Hall–Kier alpha value is -3.91. The van der Waals surface area contributed by atoms with Crippen molar-refractivity contribution in [2.75, 3.05) is 20.8 Å². The lowest BCUT2D eigenvalue weighted by Crippen LogP contribution is -2.28. The topological polar surface area (TPSA) is 83.8 Å². The monoisotopic (exact) mass is 535 g/mol. The average Bonchev–Trinajstić information content (AvgIpc) is 2.89. The van der Waals surface area contributed by atoms with Crippen molar-refractivity contribution in [3.63, 3.8) is 0 Å². The molecule has 0 unspecified atom stereocenters. The molecular weight excluding hydrogens is 514 g/mol. The molecule has 0 saturated heterocycles. The van der Waals surface area contributed by atoms with Crippen molar-refractivity contribution in [1.82, 2.24) is 4.57 Å². The second-order valence-corrected chi connectivity index (χ2v) is 8.59. The van der Waals surface area contributed by atoms with Gasteiger partial charge in [-0.05, 0) is 46.8 Å². The van der Waals surface area contributed by atoms with Gasteiger partial charge in [0.2, 0.25) is 0 Å². The highest BCUT2D eigenvalue weighted by atomic mass is 79.9. The Bertz CT molecular complexity index is 1450. The van der Waals surface area contributed by atoms with Gasteiger partial charge in [-0.1, -0.05) is 58.4 Å². The summed E-state index contributed by atoms with van der Waals surface area (Å²) in [6.45, 7) is -0.0746. The molecule has 0 saturated carbocycles. The van der Waals surface area contributed by atoms with Crippen LogP contribution in [0.15, 0.2) is 82.1 Å². The van der Waals surface area contributed by atoms with E-state index in [4.69, 9.17) is 9.47 Å². The number of hydrogen-bond acceptors (Lipinski definition) is 6. The van der Waals surface area contributed by atoms with Gasteiger partial charge >= 0.3 is 11.9 Å². The first-order valence-corrected chi connectivity index (χ1v) is 11.5. The first kappa shape index (κ1) is 24.2. The molecule has 0 bridgehead atoms. The Kier molecular flexibility index (Phi) is 7.31. The van der Waals surface area contributed by atoms with Gasteiger partial charge in [0.05, 0.1) is 20.8 Å². The van der Waals surface area contributed by atoms with Crippen LogP contribution in [-0.2, 0) is 20.8 Å². The minimum Gasteiger partial charge on any atom is -0.482 e. The fourth-order valence-corrected chi connectivity index (χ4v) is 4.21. The molecule has 4 aromatic rings. The van der Waals surface area contributed by atoms with E-state index in [1.165, 1.54) is 18.8 Å². The van der Waals surface area contributed by atoms with Gasteiger partial charge in [-0.3, -0.25) is 9.36 Å². The zero-order chi connectivity index (χ0) is 24.9. The second-order valence-electron chi connectivity index (χ2n) is 7.67. The number of halogens is 1. The molecule has 0 aliphatic heterocycles. The molecule has 1 heterocycles. The van der Waals surface area contributed by atoms with Gasteiger partial charge in [0.1, 0.15) is 11.4 Å². The van der Waals surface area contributed by atoms with Crippen molar-refractivity contribution in [2.24, 2.45) is 0 Å². The van der Waals surface area contributed by atoms with Crippen LogP contribution < -0.4 is 10.3 Å². The van der Waals surface area contributed by atoms with Crippen LogP contribution >= 0.6 is 15.9 Å². The van der Waals surface area contributed by atoms with Crippen molar-refractivity contribution in [3.05, 3.63) is 98.9 Å². The number of pyridine rings is 1. The van der Waals surface area contributed by atoms with E-state index in [1.54, 1.807) is 36.4 Å². The van der Waals surface area contributed by atoms with E-state index < -0.39 is 11.9 Å². The number of carbonyl (C=O) groups excluding carboxylic acids is 2. The van der Waals surface area contributed by atoms with Gasteiger partial charge < -0.3 is 14.2 Å². The van der Waals surface area contributed by atoms with E-state index in [2.05, 4.69) is 20.7 Å². The van der Waals surface area contributed by atoms with Crippen LogP contribution in [0.2, 0.25) is 0 Å². The van der Waals surface area contributed by atoms with E-state index in [0.717, 1.165) is 15.6 Å². The number of rotatable bonds is 7. The van der Waals surface area contributed by atoms with Crippen LogP contribution in [0, 0.1) is 0 Å². The Morgan fingerprint density at radius 1 is 0.886 bits per heavy atom. The molecule has 4 rings (SSSR count). The SMILES string of the molecule is COC(=O)COc1ccc(Cn2c(C(=O)OC)c(-c3ccccc3)c3cc(Br)ccc3c2=O)cc1. The predicted octanol–water partition coefficient (Wildman–Crippen LogP) is 4.82. The molecule has 0 fully saturated rings. The summed E-state index contributed by atoms with van der Waals surface area (Å²) >= 11 is 3.48. The van der Waals surface area contributed by atoms with Gasteiger partial charge in [-0.15, -0.1) is 0 Å². The zero-order valence-electron chi connectivity index (χ0n) is 19.1. The van der Waals surface area contributed by atoms with Crippen molar-refractivity contribution >= 4 is 38.6 Å². The number of nitrogens with zero attached hydrogens (tertiary/aromatic N) is 1. The quantitative estimate of drug-likeness (QED) is 0.315. The standard InChI is InChI=1S/C27H22BrNO6/c1-33-23(30)16-35-20-11-8-17(9-12-20)15-29-25(27(32)34-2)24(18-6-4-3-5-7-18)22-14-19(28)10-13-21(22)26(29)31/h3-14H,15-16H2,1-2H3. The second kappa shape index (κ2) is 10.6. The number of esters is 2. The highest BCUT2D eigenvalue weighted by molar-refractivity contribution is 9.10. The number of hydrogen-bond donors (Lipinski definition) is 0. The third kappa shape index (κ3) is 5.12. The number of aromatic nitrogens is 1. The van der Waals surface area contributed by atoms with E-state index in [-0.39, 0.29) is 24.4 Å². The van der Waals surface area contributed by atoms with Crippen LogP contribution in [0.25, 0.3) is 21.9 Å². The van der Waals surface area contributed by atoms with Gasteiger partial charge in [0.15, 0.2) is 6.61 Å². The number of fused-ring (bicyclic) bond motifs is 1. The molecule has 1 aromatic heterocycles. The summed E-state index contributed by atoms with van der Waals surface area (Å²) in [5.74, 6) is -0.617. The highest BCUT2D eigenvalue weighted by Gasteiger charge is 2.24. The maximum Gasteiger partial charge on any atom is 0.355 e. The summed E-state index contributed by atoms with van der Waals surface area (Å²) in [6, 6.07) is 21.7. The molecule has 35 heavy (non-hydrogen) atoms. The van der Waals surface area contributed by atoms with E-state index in [9.17, 15) is 14.4 Å². The molecule has 7 nitrogen and oxygen atoms in total. The van der Waals surface area contributed by atoms with Crippen LogP contribution in [-0.4, -0.2) is 37.3 Å². The Labute approximate surface area is 210 Å². The summed E-state index contributed by atoms with van der Waals surface area (Å²) in [7, 11) is 2.59. The summed E-state index contributed by atoms with van der Waals surface area (Å²) in [5.41, 5.74) is 2.03. The molecular formula is C27H22BrNO6. The summed E-state index contributed by atoms with van der Waals surface area (Å²) < 4.78 is 17.3. The Morgan fingerprint density at radius 2 is 1.60 bits per heavy atom. The summed E-state index contributed by atoms with van der Waals surface area (Å²) in [5, 5.41) is 1.14. The lowest BCUT2D eigenvalue weighted by molar-refractivity contribution is -0.142. The van der Waals surface area contributed by atoms with E-state index >= 15 is 0 Å². The highest BCUT2D eigenvalue weighted by Crippen LogP contribution is 2.33. The minimum absolute atomic E-state index is 0.131. The average molecular weight is 536 g/mol. The molecule has 0 radical (unpaired) electrons. The lowest BCUT2D eigenvalue weighted by atomic mass is 9.96. The number of methoxy groups -OCH3 is 2. The number of carbonyl (C=O) groups is 2. The predicted molar refractivity (Wildman–Crippen MR) is 136 cm³/mol. The summed E-state index contributed by atoms with van der Waals surface area (Å²) in [6.07, 6.45) is 0. The largest absolute Gasteiger partial charge is 0.482 e. The van der Waals surface area contributed by atoms with Crippen LogP contribution in [0.3, 0.4) is 0 Å². The van der Waals surface area contributed by atoms with Gasteiger partial charge in [0, 0.05) is 15.4 Å². The first-order chi connectivity index (χ1) is 16.9. The van der Waals surface area contributed by atoms with Crippen molar-refractivity contribution < 1.29 is 23.8 Å². The molecule has 3 aromatic carbocycles. The maximum atomic E-state index is 13.6. The Balaban J connectivity index is 1.87. The van der Waals surface area contributed by atoms with Crippen molar-refractivity contribution in [2.45, 2.75) is 6.54 Å². The molecule has 0 N–H and O–H groups in total. The fraction of sp³-hybridized carbons (Fsp3) is 0.148. The smallest absolute Gasteiger partial charge is 0.355 e. The van der Waals surface area contributed by atoms with Gasteiger partial charge in [0.25, 0.3) is 5.56 Å². The molecule has 0 amide bonds. The lowest BCUT2D eigenvalue weighted by Gasteiger charge is -2.19. The fourth-order valence-electron chi connectivity index (χ4n) is 3.85. The minimum atomic E-state index is -0.610. The molecule has 0 aliphatic carbocycles. The maximum absolute atomic E-state index is 13.6. The third-order valence-electron chi connectivity index (χ3n) is 5.52. The van der Waals surface area contributed by atoms with Crippen molar-refractivity contribution in [1.29, 1.82) is 0 Å². The molecule has 0 aliphatic rings. The molecule has 8 heteroatoms. The zero-order valence-corrected chi connectivity index (χ0v) is 20.7. The van der Waals surface area contributed by atoms with Crippen LogP contribution in [0.1, 0.15) is 16.1 Å². The van der Waals surface area contributed by atoms with Gasteiger partial charge in [-0.2, -0.15) is 0 Å².